The quantitative estimate of drug-likeness (QED) is 0.762. The molecule has 0 aliphatic rings. The van der Waals surface area contributed by atoms with E-state index in [0.717, 1.165) is 27.6 Å². The van der Waals surface area contributed by atoms with E-state index < -0.39 is 0 Å². The van der Waals surface area contributed by atoms with Crippen molar-refractivity contribution in [2.24, 2.45) is 0 Å². The fourth-order valence-corrected chi connectivity index (χ4v) is 2.51. The van der Waals surface area contributed by atoms with Gasteiger partial charge in [-0.25, -0.2) is 0 Å². The van der Waals surface area contributed by atoms with Gasteiger partial charge in [0.1, 0.15) is 11.8 Å². The number of aliphatic hydroxyl groups is 1. The molecule has 3 aromatic rings. The number of fused-ring (bicyclic) bond motifs is 1. The number of H-pyrrole nitrogens is 1. The molecule has 0 amide bonds. The minimum absolute atomic E-state index is 0.00441. The number of nitriles is 1. The molecule has 0 atom stereocenters. The summed E-state index contributed by atoms with van der Waals surface area (Å²) < 4.78 is 1.95. The molecule has 2 N–H and O–H groups in total. The van der Waals surface area contributed by atoms with Crippen LogP contribution in [0, 0.1) is 18.3 Å². The Hall–Kier alpha value is -2.58. The Morgan fingerprint density at radius 1 is 1.35 bits per heavy atom. The molecule has 2 heterocycles. The molecule has 100 valence electrons. The Labute approximate surface area is 116 Å². The van der Waals surface area contributed by atoms with Crippen molar-refractivity contribution >= 4 is 10.9 Å². The van der Waals surface area contributed by atoms with Gasteiger partial charge in [0.05, 0.1) is 19.3 Å². The van der Waals surface area contributed by atoms with Gasteiger partial charge in [-0.15, -0.1) is 0 Å². The number of aryl methyl sites for hydroxylation is 1. The van der Waals surface area contributed by atoms with Crippen molar-refractivity contribution in [3.8, 4) is 6.07 Å². The van der Waals surface area contributed by atoms with Gasteiger partial charge in [-0.1, -0.05) is 6.07 Å². The second kappa shape index (κ2) is 4.83. The molecule has 5 heteroatoms. The van der Waals surface area contributed by atoms with Crippen LogP contribution < -0.4 is 0 Å². The zero-order valence-electron chi connectivity index (χ0n) is 11.1. The van der Waals surface area contributed by atoms with E-state index in [2.05, 4.69) is 16.3 Å². The lowest BCUT2D eigenvalue weighted by Gasteiger charge is -2.07. The average molecular weight is 266 g/mol. The number of nitrogens with one attached hydrogen (secondary N) is 1. The topological polar surface area (TPSA) is 77.6 Å². The van der Waals surface area contributed by atoms with Crippen LogP contribution in [0.4, 0.5) is 0 Å². The SMILES string of the molecule is Cc1cc(CO)cc2c1cc(C#N)n2Cc1cn[nH]c1. The minimum Gasteiger partial charge on any atom is -0.392 e. The smallest absolute Gasteiger partial charge is 0.121 e. The van der Waals surface area contributed by atoms with Crippen LogP contribution >= 0.6 is 0 Å². The van der Waals surface area contributed by atoms with E-state index >= 15 is 0 Å². The molecule has 0 radical (unpaired) electrons. The Morgan fingerprint density at radius 2 is 2.20 bits per heavy atom. The summed E-state index contributed by atoms with van der Waals surface area (Å²) in [6.45, 7) is 2.57. The fraction of sp³-hybridized carbons (Fsp3) is 0.200. The third kappa shape index (κ3) is 1.96. The first-order valence-electron chi connectivity index (χ1n) is 6.34. The summed E-state index contributed by atoms with van der Waals surface area (Å²) in [6, 6.07) is 8.01. The molecule has 0 saturated carbocycles. The third-order valence-electron chi connectivity index (χ3n) is 3.48. The van der Waals surface area contributed by atoms with E-state index in [0.29, 0.717) is 12.2 Å². The number of benzene rings is 1. The lowest BCUT2D eigenvalue weighted by atomic mass is 10.1. The average Bonchev–Trinajstić information content (AvgIpc) is 3.08. The van der Waals surface area contributed by atoms with Crippen LogP contribution in [0.5, 0.6) is 0 Å². The second-order valence-electron chi connectivity index (χ2n) is 4.84. The molecule has 2 aromatic heterocycles. The van der Waals surface area contributed by atoms with E-state index in [1.807, 2.05) is 35.9 Å². The summed E-state index contributed by atoms with van der Waals surface area (Å²) >= 11 is 0. The van der Waals surface area contributed by atoms with Gasteiger partial charge in [-0.3, -0.25) is 5.10 Å². The van der Waals surface area contributed by atoms with Crippen molar-refractivity contribution in [1.29, 1.82) is 5.26 Å². The molecule has 0 aliphatic carbocycles. The van der Waals surface area contributed by atoms with Crippen molar-refractivity contribution in [2.45, 2.75) is 20.1 Å². The van der Waals surface area contributed by atoms with E-state index in [9.17, 15) is 10.4 Å². The summed E-state index contributed by atoms with van der Waals surface area (Å²) in [6.07, 6.45) is 3.56. The van der Waals surface area contributed by atoms with E-state index in [-0.39, 0.29) is 6.61 Å². The molecule has 0 bridgehead atoms. The van der Waals surface area contributed by atoms with Crippen LogP contribution in [0.1, 0.15) is 22.4 Å². The normalized spacial score (nSPS) is 10.8. The van der Waals surface area contributed by atoms with Gasteiger partial charge >= 0.3 is 0 Å². The molecule has 1 aromatic carbocycles. The molecular formula is C15H14N4O. The van der Waals surface area contributed by atoms with Gasteiger partial charge in [-0.05, 0) is 30.2 Å². The summed E-state index contributed by atoms with van der Waals surface area (Å²) in [5, 5.41) is 26.4. The van der Waals surface area contributed by atoms with Crippen LogP contribution in [0.25, 0.3) is 10.9 Å². The molecule has 0 unspecified atom stereocenters. The lowest BCUT2D eigenvalue weighted by Crippen LogP contribution is -2.01. The largest absolute Gasteiger partial charge is 0.392 e. The van der Waals surface area contributed by atoms with Gasteiger partial charge in [0.2, 0.25) is 0 Å². The van der Waals surface area contributed by atoms with Crippen molar-refractivity contribution in [3.63, 3.8) is 0 Å². The predicted octanol–water partition coefficient (Wildman–Crippen LogP) is 2.09. The van der Waals surface area contributed by atoms with Crippen molar-refractivity contribution in [2.75, 3.05) is 0 Å². The third-order valence-corrected chi connectivity index (χ3v) is 3.48. The standard InChI is InChI=1S/C15H14N4O/c1-10-2-11(9-20)3-15-14(10)4-13(5-16)19(15)8-12-6-17-18-7-12/h2-4,6-7,20H,8-9H2,1H3,(H,17,18). The van der Waals surface area contributed by atoms with E-state index in [4.69, 9.17) is 0 Å². The molecule has 0 spiro atoms. The second-order valence-corrected chi connectivity index (χ2v) is 4.84. The van der Waals surface area contributed by atoms with Gasteiger partial charge in [0, 0.05) is 22.7 Å². The molecule has 20 heavy (non-hydrogen) atoms. The molecular weight excluding hydrogens is 252 g/mol. The zero-order valence-corrected chi connectivity index (χ0v) is 11.1. The number of hydrogen-bond donors (Lipinski definition) is 2. The first-order chi connectivity index (χ1) is 9.72. The summed E-state index contributed by atoms with van der Waals surface area (Å²) in [5.41, 5.74) is 4.50. The minimum atomic E-state index is -0.00441. The molecule has 0 fully saturated rings. The first-order valence-corrected chi connectivity index (χ1v) is 6.34. The Kier molecular flexibility index (Phi) is 3.01. The zero-order chi connectivity index (χ0) is 14.1. The highest BCUT2D eigenvalue weighted by atomic mass is 16.3. The van der Waals surface area contributed by atoms with Gasteiger partial charge in [0.25, 0.3) is 0 Å². The van der Waals surface area contributed by atoms with Crippen molar-refractivity contribution in [3.05, 3.63) is 53.0 Å². The number of aromatic amines is 1. The number of aromatic nitrogens is 3. The highest BCUT2D eigenvalue weighted by Crippen LogP contribution is 2.25. The van der Waals surface area contributed by atoms with Crippen LogP contribution in [0.3, 0.4) is 0 Å². The molecule has 0 aliphatic heterocycles. The summed E-state index contributed by atoms with van der Waals surface area (Å²) in [5.74, 6) is 0. The number of nitrogens with zero attached hydrogens (tertiary/aromatic N) is 3. The maximum absolute atomic E-state index is 9.34. The van der Waals surface area contributed by atoms with Gasteiger partial charge in [0.15, 0.2) is 0 Å². The van der Waals surface area contributed by atoms with Crippen molar-refractivity contribution < 1.29 is 5.11 Å². The highest BCUT2D eigenvalue weighted by Gasteiger charge is 2.12. The molecule has 0 saturated heterocycles. The molecule has 5 nitrogen and oxygen atoms in total. The van der Waals surface area contributed by atoms with Crippen LogP contribution in [0.2, 0.25) is 0 Å². The number of aliphatic hydroxyl groups excluding tert-OH is 1. The van der Waals surface area contributed by atoms with Gasteiger partial charge in [-0.2, -0.15) is 10.4 Å². The fourth-order valence-electron chi connectivity index (χ4n) is 2.51. The van der Waals surface area contributed by atoms with Crippen LogP contribution in [0.15, 0.2) is 30.6 Å². The number of hydrogen-bond acceptors (Lipinski definition) is 3. The highest BCUT2D eigenvalue weighted by molar-refractivity contribution is 5.86. The summed E-state index contributed by atoms with van der Waals surface area (Å²) in [4.78, 5) is 0. The van der Waals surface area contributed by atoms with Crippen LogP contribution in [-0.4, -0.2) is 19.9 Å². The predicted molar refractivity (Wildman–Crippen MR) is 75.0 cm³/mol. The maximum Gasteiger partial charge on any atom is 0.121 e. The molecule has 3 rings (SSSR count). The van der Waals surface area contributed by atoms with E-state index in [1.165, 1.54) is 0 Å². The van der Waals surface area contributed by atoms with E-state index in [1.54, 1.807) is 6.20 Å². The van der Waals surface area contributed by atoms with Gasteiger partial charge < -0.3 is 9.67 Å². The number of rotatable bonds is 3. The van der Waals surface area contributed by atoms with Crippen LogP contribution in [-0.2, 0) is 13.2 Å². The monoisotopic (exact) mass is 266 g/mol. The first kappa shape index (κ1) is 12.5. The Balaban J connectivity index is 2.22. The lowest BCUT2D eigenvalue weighted by molar-refractivity contribution is 0.282. The van der Waals surface area contributed by atoms with Crippen molar-refractivity contribution in [1.82, 2.24) is 14.8 Å². The Morgan fingerprint density at radius 3 is 2.85 bits per heavy atom. The summed E-state index contributed by atoms with van der Waals surface area (Å²) in [7, 11) is 0. The Bertz CT molecular complexity index is 793. The maximum atomic E-state index is 9.34.